The van der Waals surface area contributed by atoms with Gasteiger partial charge in [-0.25, -0.2) is 4.98 Å². The first-order valence-corrected chi connectivity index (χ1v) is 7.70. The predicted octanol–water partition coefficient (Wildman–Crippen LogP) is 4.62. The zero-order valence-electron chi connectivity index (χ0n) is 11.1. The summed E-state index contributed by atoms with van der Waals surface area (Å²) in [4.78, 5) is 4.27. The van der Waals surface area contributed by atoms with Crippen molar-refractivity contribution < 1.29 is 4.74 Å². The molecule has 106 valence electrons. The summed E-state index contributed by atoms with van der Waals surface area (Å²) in [5, 5.41) is 2.68. The van der Waals surface area contributed by atoms with Crippen LogP contribution < -0.4 is 10.5 Å². The molecule has 0 amide bonds. The Bertz CT molecular complexity index is 744. The second-order valence-corrected chi connectivity index (χ2v) is 5.70. The topological polar surface area (TPSA) is 48.1 Å². The lowest BCUT2D eigenvalue weighted by Gasteiger charge is -2.10. The fourth-order valence-electron chi connectivity index (χ4n) is 1.98. The number of benzene rings is 2. The third-order valence-corrected chi connectivity index (χ3v) is 3.84. The summed E-state index contributed by atoms with van der Waals surface area (Å²) in [5.74, 6) is 0.661. The molecule has 5 heteroatoms. The smallest absolute Gasteiger partial charge is 0.142 e. The number of nitrogen functional groups attached to an aromatic ring is 1. The monoisotopic (exact) mass is 316 g/mol. The Morgan fingerprint density at radius 1 is 1.19 bits per heavy atom. The van der Waals surface area contributed by atoms with Crippen LogP contribution in [0, 0.1) is 0 Å². The van der Waals surface area contributed by atoms with Gasteiger partial charge in [-0.1, -0.05) is 23.7 Å². The molecule has 3 nitrogen and oxygen atoms in total. The van der Waals surface area contributed by atoms with Crippen molar-refractivity contribution in [3.8, 4) is 17.0 Å². The van der Waals surface area contributed by atoms with Crippen LogP contribution in [0.2, 0.25) is 5.02 Å². The maximum Gasteiger partial charge on any atom is 0.142 e. The molecule has 21 heavy (non-hydrogen) atoms. The fourth-order valence-corrected chi connectivity index (χ4v) is 2.76. The van der Waals surface area contributed by atoms with E-state index < -0.39 is 0 Å². The molecule has 0 saturated heterocycles. The molecule has 0 aliphatic carbocycles. The first-order valence-electron chi connectivity index (χ1n) is 6.38. The van der Waals surface area contributed by atoms with Crippen LogP contribution in [0.25, 0.3) is 11.3 Å². The number of nitrogens with zero attached hydrogens (tertiary/aromatic N) is 1. The van der Waals surface area contributed by atoms with Crippen LogP contribution in [-0.2, 0) is 6.61 Å². The van der Waals surface area contributed by atoms with Gasteiger partial charge in [-0.05, 0) is 35.9 Å². The summed E-state index contributed by atoms with van der Waals surface area (Å²) in [7, 11) is 0. The molecule has 2 N–H and O–H groups in total. The highest BCUT2D eigenvalue weighted by atomic mass is 35.5. The minimum Gasteiger partial charge on any atom is -0.487 e. The lowest BCUT2D eigenvalue weighted by molar-refractivity contribution is 0.308. The highest BCUT2D eigenvalue weighted by Crippen LogP contribution is 2.29. The van der Waals surface area contributed by atoms with Gasteiger partial charge in [0.15, 0.2) is 0 Å². The van der Waals surface area contributed by atoms with Gasteiger partial charge < -0.3 is 10.5 Å². The third-order valence-electron chi connectivity index (χ3n) is 3.02. The minimum absolute atomic E-state index is 0.431. The maximum absolute atomic E-state index is 6.05. The molecule has 0 unspecified atom stereocenters. The standard InChI is InChI=1S/C16H13ClN2OS/c17-13-3-1-2-11(6-13)8-20-16-5-4-12(7-14(16)18)15-9-21-10-19-15/h1-7,9-10H,8,18H2. The number of halogens is 1. The quantitative estimate of drug-likeness (QED) is 0.714. The number of aromatic nitrogens is 1. The Hall–Kier alpha value is -2.04. The summed E-state index contributed by atoms with van der Waals surface area (Å²) >= 11 is 7.51. The first kappa shape index (κ1) is 13.9. The van der Waals surface area contributed by atoms with Crippen LogP contribution in [0.3, 0.4) is 0 Å². The van der Waals surface area contributed by atoms with Gasteiger partial charge in [-0.2, -0.15) is 0 Å². The molecule has 1 heterocycles. The Morgan fingerprint density at radius 3 is 2.81 bits per heavy atom. The molecular formula is C16H13ClN2OS. The maximum atomic E-state index is 6.05. The zero-order valence-corrected chi connectivity index (χ0v) is 12.7. The number of rotatable bonds is 4. The highest BCUT2D eigenvalue weighted by Gasteiger charge is 2.06. The molecule has 0 saturated carbocycles. The van der Waals surface area contributed by atoms with Crippen molar-refractivity contribution in [2.45, 2.75) is 6.61 Å². The largest absolute Gasteiger partial charge is 0.487 e. The molecule has 0 bridgehead atoms. The molecule has 2 aromatic carbocycles. The van der Waals surface area contributed by atoms with Crippen LogP contribution in [-0.4, -0.2) is 4.98 Å². The van der Waals surface area contributed by atoms with E-state index in [4.69, 9.17) is 22.1 Å². The van der Waals surface area contributed by atoms with Crippen molar-refractivity contribution in [2.24, 2.45) is 0 Å². The average Bonchev–Trinajstić information content (AvgIpc) is 3.00. The van der Waals surface area contributed by atoms with Gasteiger partial charge in [0.25, 0.3) is 0 Å². The van der Waals surface area contributed by atoms with Crippen molar-refractivity contribution in [1.29, 1.82) is 0 Å². The molecule has 1 aromatic heterocycles. The number of hydrogen-bond acceptors (Lipinski definition) is 4. The molecule has 0 radical (unpaired) electrons. The lowest BCUT2D eigenvalue weighted by Crippen LogP contribution is -1.99. The molecule has 0 aliphatic rings. The van der Waals surface area contributed by atoms with Gasteiger partial charge in [0.2, 0.25) is 0 Å². The third kappa shape index (κ3) is 3.35. The van der Waals surface area contributed by atoms with Gasteiger partial charge in [0.05, 0.1) is 16.9 Å². The molecular weight excluding hydrogens is 304 g/mol. The Kier molecular flexibility index (Phi) is 4.08. The predicted molar refractivity (Wildman–Crippen MR) is 87.7 cm³/mol. The van der Waals surface area contributed by atoms with Gasteiger partial charge in [-0.15, -0.1) is 11.3 Å². The highest BCUT2D eigenvalue weighted by molar-refractivity contribution is 7.07. The van der Waals surface area contributed by atoms with Crippen molar-refractivity contribution in [2.75, 3.05) is 5.73 Å². The molecule has 0 aliphatic heterocycles. The summed E-state index contributed by atoms with van der Waals surface area (Å²) in [6, 6.07) is 13.3. The van der Waals surface area contributed by atoms with Gasteiger partial charge in [0, 0.05) is 16.0 Å². The van der Waals surface area contributed by atoms with Gasteiger partial charge >= 0.3 is 0 Å². The van der Waals surface area contributed by atoms with Crippen molar-refractivity contribution >= 4 is 28.6 Å². The van der Waals surface area contributed by atoms with E-state index in [0.717, 1.165) is 16.8 Å². The van der Waals surface area contributed by atoms with Crippen molar-refractivity contribution in [3.05, 3.63) is 63.9 Å². The van der Waals surface area contributed by atoms with Crippen LogP contribution in [0.15, 0.2) is 53.4 Å². The second-order valence-electron chi connectivity index (χ2n) is 4.54. The lowest BCUT2D eigenvalue weighted by atomic mass is 10.1. The van der Waals surface area contributed by atoms with Crippen LogP contribution in [0.5, 0.6) is 5.75 Å². The summed E-state index contributed by atoms with van der Waals surface area (Å²) in [6.07, 6.45) is 0. The second kappa shape index (κ2) is 6.16. The Labute approximate surface area is 132 Å². The molecule has 0 fully saturated rings. The van der Waals surface area contributed by atoms with Crippen molar-refractivity contribution in [3.63, 3.8) is 0 Å². The fraction of sp³-hybridized carbons (Fsp3) is 0.0625. The molecule has 3 rings (SSSR count). The SMILES string of the molecule is Nc1cc(-c2cscn2)ccc1OCc1cccc(Cl)c1. The van der Waals surface area contributed by atoms with E-state index in [1.165, 1.54) is 0 Å². The zero-order chi connectivity index (χ0) is 14.7. The van der Waals surface area contributed by atoms with Crippen LogP contribution in [0.4, 0.5) is 5.69 Å². The number of nitrogens with two attached hydrogens (primary N) is 1. The average molecular weight is 317 g/mol. The van der Waals surface area contributed by atoms with E-state index in [1.54, 1.807) is 16.8 Å². The normalized spacial score (nSPS) is 10.5. The first-order chi connectivity index (χ1) is 10.2. The number of hydrogen-bond donors (Lipinski definition) is 1. The van der Waals surface area contributed by atoms with E-state index >= 15 is 0 Å². The van der Waals surface area contributed by atoms with E-state index in [-0.39, 0.29) is 0 Å². The van der Waals surface area contributed by atoms with Gasteiger partial charge in [-0.3, -0.25) is 0 Å². The molecule has 0 atom stereocenters. The Balaban J connectivity index is 1.74. The number of ether oxygens (including phenoxy) is 1. The van der Waals surface area contributed by atoms with Crippen molar-refractivity contribution in [1.82, 2.24) is 4.98 Å². The summed E-state index contributed by atoms with van der Waals surface area (Å²) < 4.78 is 5.75. The van der Waals surface area contributed by atoms with Crippen LogP contribution >= 0.6 is 22.9 Å². The summed E-state index contributed by atoms with van der Waals surface area (Å²) in [5.41, 5.74) is 11.4. The minimum atomic E-state index is 0.431. The number of anilines is 1. The van der Waals surface area contributed by atoms with E-state index in [0.29, 0.717) is 23.1 Å². The van der Waals surface area contributed by atoms with E-state index in [9.17, 15) is 0 Å². The Morgan fingerprint density at radius 2 is 2.10 bits per heavy atom. The summed E-state index contributed by atoms with van der Waals surface area (Å²) in [6.45, 7) is 0.431. The molecule has 3 aromatic rings. The van der Waals surface area contributed by atoms with Gasteiger partial charge in [0.1, 0.15) is 12.4 Å². The number of thiazole rings is 1. The van der Waals surface area contributed by atoms with E-state index in [2.05, 4.69) is 4.98 Å². The molecule has 0 spiro atoms. The van der Waals surface area contributed by atoms with E-state index in [1.807, 2.05) is 47.8 Å². The van der Waals surface area contributed by atoms with Crippen LogP contribution in [0.1, 0.15) is 5.56 Å².